The summed E-state index contributed by atoms with van der Waals surface area (Å²) >= 11 is 1.26. The average Bonchev–Trinajstić information content (AvgIpc) is 2.63. The van der Waals surface area contributed by atoms with Gasteiger partial charge in [0.25, 0.3) is 0 Å². The van der Waals surface area contributed by atoms with Crippen LogP contribution in [0.2, 0.25) is 0 Å². The monoisotopic (exact) mass is 262 g/mol. The van der Waals surface area contributed by atoms with Crippen molar-refractivity contribution in [3.63, 3.8) is 0 Å². The van der Waals surface area contributed by atoms with Crippen LogP contribution in [0.3, 0.4) is 0 Å². The van der Waals surface area contributed by atoms with Crippen molar-refractivity contribution in [2.45, 2.75) is 6.92 Å². The Kier molecular flexibility index (Phi) is 4.81. The molecule has 0 bridgehead atoms. The summed E-state index contributed by atoms with van der Waals surface area (Å²) < 4.78 is 4.88. The molecule has 1 aliphatic heterocycles. The molecule has 0 aromatic carbocycles. The summed E-state index contributed by atoms with van der Waals surface area (Å²) in [4.78, 5) is 14.3. The highest BCUT2D eigenvalue weighted by Crippen LogP contribution is 2.44. The van der Waals surface area contributed by atoms with Gasteiger partial charge in [0.2, 0.25) is 0 Å². The van der Waals surface area contributed by atoms with E-state index in [1.54, 1.807) is 4.90 Å². The predicted molar refractivity (Wildman–Crippen MR) is 72.0 cm³/mol. The summed E-state index contributed by atoms with van der Waals surface area (Å²) in [5.74, 6) is -0.652. The van der Waals surface area contributed by atoms with E-state index in [1.807, 2.05) is 13.0 Å². The summed E-state index contributed by atoms with van der Waals surface area (Å²) in [7, 11) is 0. The Bertz CT molecular complexity index is 486. The molecule has 1 saturated heterocycles. The Balaban J connectivity index is 3.11. The number of hydrogen-bond donors (Lipinski definition) is 0. The number of hydrogen-bond acceptors (Lipinski definition) is 5. The highest BCUT2D eigenvalue weighted by Gasteiger charge is 2.30. The number of rotatable bonds is 4. The Morgan fingerprint density at radius 2 is 2.28 bits per heavy atom. The van der Waals surface area contributed by atoms with Gasteiger partial charge in [-0.25, -0.2) is 4.79 Å². The molecule has 18 heavy (non-hydrogen) atoms. The SMILES string of the molecule is C=CCOC(=O)/C(C#N)=C1\SC(=C)C(=C)N1CC. The molecule has 5 heteroatoms. The van der Waals surface area contributed by atoms with Gasteiger partial charge in [0.05, 0.1) is 0 Å². The van der Waals surface area contributed by atoms with E-state index < -0.39 is 5.97 Å². The smallest absolute Gasteiger partial charge is 0.351 e. The van der Waals surface area contributed by atoms with E-state index in [1.165, 1.54) is 17.8 Å². The average molecular weight is 262 g/mol. The van der Waals surface area contributed by atoms with Gasteiger partial charge in [0, 0.05) is 17.1 Å². The van der Waals surface area contributed by atoms with Crippen LogP contribution in [0.25, 0.3) is 0 Å². The maximum absolute atomic E-state index is 11.7. The number of thioether (sulfide) groups is 1. The van der Waals surface area contributed by atoms with E-state index in [-0.39, 0.29) is 12.2 Å². The summed E-state index contributed by atoms with van der Waals surface area (Å²) in [5.41, 5.74) is 0.685. The van der Waals surface area contributed by atoms with Gasteiger partial charge in [0.1, 0.15) is 17.7 Å². The number of nitrogens with zero attached hydrogens (tertiary/aromatic N) is 2. The van der Waals surface area contributed by atoms with E-state index >= 15 is 0 Å². The molecule has 0 radical (unpaired) electrons. The van der Waals surface area contributed by atoms with Crippen molar-refractivity contribution in [2.75, 3.05) is 13.2 Å². The molecular formula is C13H14N2O2S. The number of ether oxygens (including phenoxy) is 1. The Morgan fingerprint density at radius 1 is 1.61 bits per heavy atom. The number of carbonyl (C=O) groups is 1. The minimum absolute atomic E-state index is 0.0245. The Morgan fingerprint density at radius 3 is 2.78 bits per heavy atom. The highest BCUT2D eigenvalue weighted by atomic mass is 32.2. The largest absolute Gasteiger partial charge is 0.457 e. The summed E-state index contributed by atoms with van der Waals surface area (Å²) in [6.45, 7) is 13.8. The van der Waals surface area contributed by atoms with Gasteiger partial charge < -0.3 is 9.64 Å². The van der Waals surface area contributed by atoms with Crippen LogP contribution in [0.1, 0.15) is 6.92 Å². The summed E-state index contributed by atoms with van der Waals surface area (Å²) in [5, 5.41) is 9.64. The molecular weight excluding hydrogens is 248 g/mol. The van der Waals surface area contributed by atoms with Crippen LogP contribution in [0.15, 0.2) is 47.0 Å². The van der Waals surface area contributed by atoms with Crippen molar-refractivity contribution < 1.29 is 9.53 Å². The maximum atomic E-state index is 11.7. The number of likely N-dealkylation sites (N-methyl/N-ethyl adjacent to an activating group) is 1. The molecule has 0 atom stereocenters. The zero-order valence-electron chi connectivity index (χ0n) is 10.2. The minimum atomic E-state index is -0.652. The number of esters is 1. The van der Waals surface area contributed by atoms with Crippen LogP contribution >= 0.6 is 11.8 Å². The first kappa shape index (κ1) is 14.1. The lowest BCUT2D eigenvalue weighted by Gasteiger charge is -2.17. The lowest BCUT2D eigenvalue weighted by molar-refractivity contribution is -0.137. The van der Waals surface area contributed by atoms with Crippen LogP contribution in [0.5, 0.6) is 0 Å². The summed E-state index contributed by atoms with van der Waals surface area (Å²) in [6.07, 6.45) is 1.45. The first-order chi connectivity index (χ1) is 8.56. The predicted octanol–water partition coefficient (Wildman–Crippen LogP) is 2.55. The van der Waals surface area contributed by atoms with Gasteiger partial charge in [-0.1, -0.05) is 37.6 Å². The van der Waals surface area contributed by atoms with Crippen molar-refractivity contribution >= 4 is 17.7 Å². The van der Waals surface area contributed by atoms with E-state index in [4.69, 9.17) is 10.00 Å². The molecule has 0 N–H and O–H groups in total. The molecule has 0 aromatic heterocycles. The van der Waals surface area contributed by atoms with Crippen LogP contribution in [-0.2, 0) is 9.53 Å². The van der Waals surface area contributed by atoms with E-state index in [0.29, 0.717) is 17.3 Å². The Hall–Kier alpha value is -1.93. The molecule has 0 amide bonds. The van der Waals surface area contributed by atoms with Gasteiger partial charge in [-0.3, -0.25) is 0 Å². The molecule has 0 unspecified atom stereocenters. The van der Waals surface area contributed by atoms with Crippen molar-refractivity contribution in [3.8, 4) is 6.07 Å². The second-order valence-corrected chi connectivity index (χ2v) is 4.48. The molecule has 4 nitrogen and oxygen atoms in total. The maximum Gasteiger partial charge on any atom is 0.351 e. The van der Waals surface area contributed by atoms with Gasteiger partial charge in [0.15, 0.2) is 5.57 Å². The van der Waals surface area contributed by atoms with E-state index in [9.17, 15) is 4.79 Å². The molecule has 0 saturated carbocycles. The third-order valence-corrected chi connectivity index (χ3v) is 3.39. The van der Waals surface area contributed by atoms with Crippen molar-refractivity contribution in [3.05, 3.63) is 47.0 Å². The quantitative estimate of drug-likeness (QED) is 0.337. The molecule has 1 rings (SSSR count). The normalized spacial score (nSPS) is 17.4. The zero-order valence-corrected chi connectivity index (χ0v) is 11.0. The third kappa shape index (κ3) is 2.66. The van der Waals surface area contributed by atoms with E-state index in [0.717, 1.165) is 4.91 Å². The minimum Gasteiger partial charge on any atom is -0.457 e. The number of carbonyl (C=O) groups excluding carboxylic acids is 1. The van der Waals surface area contributed by atoms with Gasteiger partial charge in [-0.05, 0) is 6.92 Å². The van der Waals surface area contributed by atoms with Gasteiger partial charge in [-0.2, -0.15) is 5.26 Å². The molecule has 0 spiro atoms. The molecule has 1 heterocycles. The van der Waals surface area contributed by atoms with Gasteiger partial charge in [-0.15, -0.1) is 0 Å². The highest BCUT2D eigenvalue weighted by molar-refractivity contribution is 8.07. The van der Waals surface area contributed by atoms with Crippen LogP contribution < -0.4 is 0 Å². The fraction of sp³-hybridized carbons (Fsp3) is 0.231. The van der Waals surface area contributed by atoms with Crippen molar-refractivity contribution in [1.29, 1.82) is 5.26 Å². The fourth-order valence-corrected chi connectivity index (χ4v) is 2.45. The second kappa shape index (κ2) is 6.12. The van der Waals surface area contributed by atoms with E-state index in [2.05, 4.69) is 19.7 Å². The third-order valence-electron chi connectivity index (χ3n) is 2.29. The van der Waals surface area contributed by atoms with Crippen molar-refractivity contribution in [2.24, 2.45) is 0 Å². The zero-order chi connectivity index (χ0) is 13.7. The first-order valence-corrected chi connectivity index (χ1v) is 6.14. The molecule has 0 aliphatic carbocycles. The van der Waals surface area contributed by atoms with Crippen LogP contribution in [0.4, 0.5) is 0 Å². The lowest BCUT2D eigenvalue weighted by atomic mass is 10.3. The molecule has 0 aromatic rings. The fourth-order valence-electron chi connectivity index (χ4n) is 1.41. The second-order valence-electron chi connectivity index (χ2n) is 3.40. The first-order valence-electron chi connectivity index (χ1n) is 5.32. The molecule has 1 fully saturated rings. The van der Waals surface area contributed by atoms with Crippen LogP contribution in [-0.4, -0.2) is 24.0 Å². The van der Waals surface area contributed by atoms with Crippen molar-refractivity contribution in [1.82, 2.24) is 4.90 Å². The topological polar surface area (TPSA) is 53.3 Å². The molecule has 1 aliphatic rings. The van der Waals surface area contributed by atoms with Crippen LogP contribution in [0, 0.1) is 11.3 Å². The lowest BCUT2D eigenvalue weighted by Crippen LogP contribution is -2.19. The standard InChI is InChI=1S/C13H14N2O2S/c1-5-7-17-13(16)11(8-14)12-15(6-2)9(3)10(4)18-12/h5H,1,3-4,6-7H2,2H3/b12-11-. The molecule has 94 valence electrons. The number of nitriles is 1. The summed E-state index contributed by atoms with van der Waals surface area (Å²) in [6, 6.07) is 1.88. The Labute approximate surface area is 111 Å². The van der Waals surface area contributed by atoms with Gasteiger partial charge >= 0.3 is 5.97 Å².